The van der Waals surface area contributed by atoms with Gasteiger partial charge in [0, 0.05) is 31.8 Å². The van der Waals surface area contributed by atoms with Crippen LogP contribution in [0.2, 0.25) is 0 Å². The van der Waals surface area contributed by atoms with Crippen LogP contribution in [0.25, 0.3) is 11.0 Å². The summed E-state index contributed by atoms with van der Waals surface area (Å²) in [6.45, 7) is 3.10. The first-order valence-electron chi connectivity index (χ1n) is 9.22. The lowest BCUT2D eigenvalue weighted by atomic mass is 9.85. The van der Waals surface area contributed by atoms with Crippen molar-refractivity contribution in [1.82, 2.24) is 25.0 Å². The van der Waals surface area contributed by atoms with Crippen molar-refractivity contribution in [3.63, 3.8) is 0 Å². The summed E-state index contributed by atoms with van der Waals surface area (Å²) in [7, 11) is 0. The summed E-state index contributed by atoms with van der Waals surface area (Å²) in [5.74, 6) is 2.81. The maximum Gasteiger partial charge on any atom is 0.229 e. The zero-order valence-electron chi connectivity index (χ0n) is 14.9. The van der Waals surface area contributed by atoms with E-state index in [0.29, 0.717) is 37.7 Å². The van der Waals surface area contributed by atoms with E-state index < -0.39 is 0 Å². The molecule has 7 heteroatoms. The molecular weight excluding hydrogens is 330 g/mol. The van der Waals surface area contributed by atoms with Crippen LogP contribution < -0.4 is 5.32 Å². The highest BCUT2D eigenvalue weighted by molar-refractivity contribution is 5.77. The number of fused-ring (bicyclic) bond motifs is 1. The highest BCUT2D eigenvalue weighted by Crippen LogP contribution is 2.35. The Labute approximate surface area is 151 Å². The number of benzene rings is 1. The quantitative estimate of drug-likeness (QED) is 0.706. The monoisotopic (exact) mass is 353 g/mol. The molecule has 0 saturated heterocycles. The molecule has 0 unspecified atom stereocenters. The minimum atomic E-state index is 0.0184. The van der Waals surface area contributed by atoms with Gasteiger partial charge in [-0.1, -0.05) is 23.7 Å². The Bertz CT molecular complexity index is 910. The van der Waals surface area contributed by atoms with Gasteiger partial charge in [0.2, 0.25) is 11.8 Å². The van der Waals surface area contributed by atoms with Gasteiger partial charge in [-0.3, -0.25) is 4.79 Å². The highest BCUT2D eigenvalue weighted by atomic mass is 16.5. The van der Waals surface area contributed by atoms with Gasteiger partial charge in [0.25, 0.3) is 0 Å². The van der Waals surface area contributed by atoms with E-state index in [4.69, 9.17) is 4.52 Å². The van der Waals surface area contributed by atoms with Crippen molar-refractivity contribution in [1.29, 1.82) is 0 Å². The fraction of sp³-hybridized carbons (Fsp3) is 0.474. The Hall–Kier alpha value is -2.70. The van der Waals surface area contributed by atoms with Gasteiger partial charge in [0.15, 0.2) is 5.82 Å². The number of aryl methyl sites for hydroxylation is 2. The molecule has 1 aliphatic carbocycles. The predicted molar refractivity (Wildman–Crippen MR) is 96.7 cm³/mol. The molecular formula is C19H23N5O2. The zero-order chi connectivity index (χ0) is 17.9. The highest BCUT2D eigenvalue weighted by Gasteiger charge is 2.25. The molecule has 1 saturated carbocycles. The Morgan fingerprint density at radius 2 is 2.15 bits per heavy atom. The zero-order valence-corrected chi connectivity index (χ0v) is 14.9. The Balaban J connectivity index is 1.25. The molecule has 1 fully saturated rings. The van der Waals surface area contributed by atoms with Gasteiger partial charge >= 0.3 is 0 Å². The third-order valence-corrected chi connectivity index (χ3v) is 5.02. The molecule has 0 aliphatic heterocycles. The topological polar surface area (TPSA) is 85.8 Å². The minimum absolute atomic E-state index is 0.0184. The number of hydrogen-bond acceptors (Lipinski definition) is 5. The van der Waals surface area contributed by atoms with Crippen molar-refractivity contribution >= 4 is 16.9 Å². The number of carbonyl (C=O) groups is 1. The number of aromatic nitrogens is 4. The summed E-state index contributed by atoms with van der Waals surface area (Å²) in [6.07, 6.45) is 4.53. The van der Waals surface area contributed by atoms with Crippen LogP contribution in [0.5, 0.6) is 0 Å². The average molecular weight is 353 g/mol. The number of nitrogens with zero attached hydrogens (tertiary/aromatic N) is 4. The summed E-state index contributed by atoms with van der Waals surface area (Å²) in [6, 6.07) is 7.98. The van der Waals surface area contributed by atoms with Gasteiger partial charge < -0.3 is 14.4 Å². The summed E-state index contributed by atoms with van der Waals surface area (Å²) in [5, 5.41) is 6.93. The maximum absolute atomic E-state index is 12.1. The van der Waals surface area contributed by atoms with Crippen molar-refractivity contribution in [3.8, 4) is 0 Å². The Morgan fingerprint density at radius 1 is 1.31 bits per heavy atom. The molecule has 2 heterocycles. The van der Waals surface area contributed by atoms with Crippen LogP contribution in [0.4, 0.5) is 0 Å². The molecule has 2 aromatic heterocycles. The van der Waals surface area contributed by atoms with Crippen molar-refractivity contribution in [3.05, 3.63) is 41.8 Å². The standard InChI is InChI=1S/C19H23N5O2/c1-13-21-15-7-2-3-8-16(15)24(13)12-10-18(25)20-11-9-17-22-19(26-23-17)14-5-4-6-14/h2-3,7-8,14H,4-6,9-12H2,1H3,(H,20,25). The maximum atomic E-state index is 12.1. The molecule has 1 amide bonds. The van der Waals surface area contributed by atoms with E-state index in [2.05, 4.69) is 25.0 Å². The second-order valence-electron chi connectivity index (χ2n) is 6.83. The fourth-order valence-electron chi connectivity index (χ4n) is 3.28. The van der Waals surface area contributed by atoms with E-state index in [1.54, 1.807) is 0 Å². The number of hydrogen-bond donors (Lipinski definition) is 1. The number of para-hydroxylation sites is 2. The molecule has 1 aromatic carbocycles. The lowest BCUT2D eigenvalue weighted by Gasteiger charge is -2.20. The molecule has 26 heavy (non-hydrogen) atoms. The van der Waals surface area contributed by atoms with Crippen LogP contribution in [0, 0.1) is 6.92 Å². The smallest absolute Gasteiger partial charge is 0.229 e. The van der Waals surface area contributed by atoms with E-state index in [-0.39, 0.29) is 5.91 Å². The van der Waals surface area contributed by atoms with E-state index in [1.165, 1.54) is 6.42 Å². The first kappa shape index (κ1) is 16.8. The Morgan fingerprint density at radius 3 is 2.96 bits per heavy atom. The molecule has 7 nitrogen and oxygen atoms in total. The summed E-state index contributed by atoms with van der Waals surface area (Å²) in [5.41, 5.74) is 2.03. The molecule has 0 radical (unpaired) electrons. The van der Waals surface area contributed by atoms with Gasteiger partial charge in [0.1, 0.15) is 5.82 Å². The fourth-order valence-corrected chi connectivity index (χ4v) is 3.28. The third-order valence-electron chi connectivity index (χ3n) is 5.02. The summed E-state index contributed by atoms with van der Waals surface area (Å²) in [4.78, 5) is 21.1. The number of carbonyl (C=O) groups excluding carboxylic acids is 1. The normalized spacial score (nSPS) is 14.5. The van der Waals surface area contributed by atoms with Crippen LogP contribution in [-0.4, -0.2) is 32.1 Å². The molecule has 0 spiro atoms. The van der Waals surface area contributed by atoms with Crippen LogP contribution >= 0.6 is 0 Å². The predicted octanol–water partition coefficient (Wildman–Crippen LogP) is 2.74. The first-order chi connectivity index (χ1) is 12.7. The molecule has 1 N–H and O–H groups in total. The molecule has 4 rings (SSSR count). The van der Waals surface area contributed by atoms with Crippen molar-refractivity contribution < 1.29 is 9.32 Å². The van der Waals surface area contributed by atoms with Crippen molar-refractivity contribution in [2.45, 2.75) is 51.5 Å². The van der Waals surface area contributed by atoms with E-state index in [9.17, 15) is 4.79 Å². The number of imidazole rings is 1. The third kappa shape index (κ3) is 3.47. The molecule has 136 valence electrons. The molecule has 1 aliphatic rings. The Kier molecular flexibility index (Phi) is 4.69. The first-order valence-corrected chi connectivity index (χ1v) is 9.22. The lowest BCUT2D eigenvalue weighted by Crippen LogP contribution is -2.27. The van der Waals surface area contributed by atoms with E-state index >= 15 is 0 Å². The lowest BCUT2D eigenvalue weighted by molar-refractivity contribution is -0.121. The number of rotatable bonds is 7. The van der Waals surface area contributed by atoms with Gasteiger partial charge in [-0.05, 0) is 31.9 Å². The number of nitrogens with one attached hydrogen (secondary N) is 1. The molecule has 3 aromatic rings. The molecule has 0 bridgehead atoms. The van der Waals surface area contributed by atoms with Crippen LogP contribution in [-0.2, 0) is 17.8 Å². The SMILES string of the molecule is Cc1nc2ccccc2n1CCC(=O)NCCc1noc(C2CCC2)n1. The van der Waals surface area contributed by atoms with Crippen molar-refractivity contribution in [2.24, 2.45) is 0 Å². The minimum Gasteiger partial charge on any atom is -0.356 e. The van der Waals surface area contributed by atoms with E-state index in [0.717, 1.165) is 35.6 Å². The number of amides is 1. The molecule has 0 atom stereocenters. The second kappa shape index (κ2) is 7.27. The van der Waals surface area contributed by atoms with Gasteiger partial charge in [-0.2, -0.15) is 4.98 Å². The van der Waals surface area contributed by atoms with Crippen LogP contribution in [0.1, 0.15) is 49.1 Å². The summed E-state index contributed by atoms with van der Waals surface area (Å²) >= 11 is 0. The van der Waals surface area contributed by atoms with Gasteiger partial charge in [-0.25, -0.2) is 4.98 Å². The van der Waals surface area contributed by atoms with Gasteiger partial charge in [-0.15, -0.1) is 0 Å². The largest absolute Gasteiger partial charge is 0.356 e. The summed E-state index contributed by atoms with van der Waals surface area (Å²) < 4.78 is 7.37. The van der Waals surface area contributed by atoms with Crippen LogP contribution in [0.15, 0.2) is 28.8 Å². The van der Waals surface area contributed by atoms with Crippen molar-refractivity contribution in [2.75, 3.05) is 6.54 Å². The van der Waals surface area contributed by atoms with Gasteiger partial charge in [0.05, 0.1) is 11.0 Å². The van der Waals surface area contributed by atoms with E-state index in [1.807, 2.05) is 31.2 Å². The second-order valence-corrected chi connectivity index (χ2v) is 6.83. The van der Waals surface area contributed by atoms with Crippen LogP contribution in [0.3, 0.4) is 0 Å². The average Bonchev–Trinajstić information content (AvgIpc) is 3.15.